The van der Waals surface area contributed by atoms with Crippen molar-refractivity contribution in [3.63, 3.8) is 0 Å². The zero-order valence-corrected chi connectivity index (χ0v) is 21.7. The second kappa shape index (κ2) is 13.6. The van der Waals surface area contributed by atoms with Gasteiger partial charge in [-0.1, -0.05) is 97.1 Å². The van der Waals surface area contributed by atoms with Gasteiger partial charge in [0.25, 0.3) is 0 Å². The van der Waals surface area contributed by atoms with Gasteiger partial charge in [-0.15, -0.1) is 0 Å². The average molecular weight is 553 g/mol. The zero-order chi connectivity index (χ0) is 25.0. The fourth-order valence-corrected chi connectivity index (χ4v) is 3.67. The third-order valence-corrected chi connectivity index (χ3v) is 5.29. The molecule has 0 aliphatic carbocycles. The molecule has 0 N–H and O–H groups in total. The van der Waals surface area contributed by atoms with E-state index in [4.69, 9.17) is 24.6 Å². The molecule has 3 nitrogen and oxygen atoms in total. The number of para-hydroxylation sites is 2. The molecule has 0 saturated carbocycles. The van der Waals surface area contributed by atoms with Gasteiger partial charge in [-0.05, 0) is 35.4 Å². The van der Waals surface area contributed by atoms with Gasteiger partial charge in [0.2, 0.25) is 0 Å². The molecule has 0 amide bonds. The van der Waals surface area contributed by atoms with E-state index in [1.165, 1.54) is 0 Å². The van der Waals surface area contributed by atoms with Gasteiger partial charge in [0, 0.05) is 11.1 Å². The Balaban J connectivity index is 0.000000967. The van der Waals surface area contributed by atoms with E-state index in [1.54, 1.807) is 12.4 Å². The Morgan fingerprint density at radius 2 is 0.861 bits per heavy atom. The normalized spacial score (nSPS) is 11.1. The van der Waals surface area contributed by atoms with Crippen molar-refractivity contribution in [2.45, 2.75) is 0 Å². The summed E-state index contributed by atoms with van der Waals surface area (Å²) in [6, 6.07) is 40.5. The molecule has 0 saturated heterocycles. The quantitative estimate of drug-likeness (QED) is 0.153. The third-order valence-electron chi connectivity index (χ3n) is 5.29. The molecular weight excluding hydrogens is 531 g/mol. The molecule has 5 rings (SSSR count). The fraction of sp³-hybridized carbons (Fsp3) is 0. The summed E-state index contributed by atoms with van der Waals surface area (Å²) >= 11 is 0.194. The molecule has 0 aliphatic heterocycles. The van der Waals surface area contributed by atoms with E-state index >= 15 is 0 Å². The van der Waals surface area contributed by atoms with Crippen LogP contribution in [-0.4, -0.2) is 12.4 Å². The van der Waals surface area contributed by atoms with Crippen molar-refractivity contribution in [2.75, 3.05) is 0 Å². The van der Waals surface area contributed by atoms with Gasteiger partial charge >= 0.3 is 33.3 Å². The summed E-state index contributed by atoms with van der Waals surface area (Å²) in [6.07, 6.45) is 3.49. The summed E-state index contributed by atoms with van der Waals surface area (Å²) in [5.74, 6) is 1.35. The van der Waals surface area contributed by atoms with E-state index in [0.717, 1.165) is 33.6 Å². The number of hydrogen-bond acceptors (Lipinski definition) is 3. The number of halogens is 2. The predicted molar refractivity (Wildman–Crippen MR) is 149 cm³/mol. The van der Waals surface area contributed by atoms with Gasteiger partial charge in [-0.3, -0.25) is 9.98 Å². The molecule has 1 aromatic heterocycles. The molecule has 0 spiro atoms. The molecule has 0 bridgehead atoms. The molecule has 4 aromatic carbocycles. The van der Waals surface area contributed by atoms with E-state index in [0.29, 0.717) is 11.5 Å². The Hall–Kier alpha value is -3.40. The molecule has 0 atom stereocenters. The monoisotopic (exact) mass is 552 g/mol. The minimum absolute atomic E-state index is 0.194. The SMILES string of the molecule is C(=Nc1ccccc1-c1ccccc1)c1ccc(C=Nc2ccccc2-c2ccccc2)o1.[Cl][Fe][Cl]. The first kappa shape index (κ1) is 25.7. The number of nitrogens with zero attached hydrogens (tertiary/aromatic N) is 2. The molecule has 1 heterocycles. The third kappa shape index (κ3) is 7.07. The van der Waals surface area contributed by atoms with Gasteiger partial charge in [0.1, 0.15) is 11.5 Å². The number of rotatable bonds is 6. The van der Waals surface area contributed by atoms with Crippen molar-refractivity contribution in [1.82, 2.24) is 0 Å². The summed E-state index contributed by atoms with van der Waals surface area (Å²) in [5, 5.41) is 0. The summed E-state index contributed by atoms with van der Waals surface area (Å²) in [4.78, 5) is 9.35. The topological polar surface area (TPSA) is 37.9 Å². The van der Waals surface area contributed by atoms with Gasteiger partial charge in [-0.25, -0.2) is 0 Å². The molecule has 0 fully saturated rings. The van der Waals surface area contributed by atoms with Crippen molar-refractivity contribution in [3.8, 4) is 22.3 Å². The van der Waals surface area contributed by atoms with Gasteiger partial charge in [0.15, 0.2) is 0 Å². The Labute approximate surface area is 225 Å². The van der Waals surface area contributed by atoms with E-state index < -0.39 is 0 Å². The first-order chi connectivity index (χ1) is 17.8. The molecule has 0 unspecified atom stereocenters. The Kier molecular flexibility index (Phi) is 9.72. The Morgan fingerprint density at radius 1 is 0.500 bits per heavy atom. The van der Waals surface area contributed by atoms with Crippen LogP contribution in [0, 0.1) is 0 Å². The van der Waals surface area contributed by atoms with Crippen LogP contribution < -0.4 is 0 Å². The summed E-state index contributed by atoms with van der Waals surface area (Å²) < 4.78 is 5.92. The van der Waals surface area contributed by atoms with Crippen LogP contribution in [-0.2, 0) is 13.1 Å². The van der Waals surface area contributed by atoms with E-state index in [2.05, 4.69) is 46.4 Å². The van der Waals surface area contributed by atoms with Crippen molar-refractivity contribution in [1.29, 1.82) is 0 Å². The second-order valence-corrected chi connectivity index (χ2v) is 9.40. The minimum atomic E-state index is 0.194. The Morgan fingerprint density at radius 3 is 1.28 bits per heavy atom. The van der Waals surface area contributed by atoms with Crippen LogP contribution in [0.1, 0.15) is 11.5 Å². The molecule has 0 radical (unpaired) electrons. The van der Waals surface area contributed by atoms with E-state index in [9.17, 15) is 0 Å². The number of furan rings is 1. The molecule has 180 valence electrons. The zero-order valence-electron chi connectivity index (χ0n) is 19.1. The molecule has 6 heteroatoms. The van der Waals surface area contributed by atoms with Gasteiger partial charge in [0.05, 0.1) is 23.8 Å². The van der Waals surface area contributed by atoms with Gasteiger partial charge < -0.3 is 4.42 Å². The van der Waals surface area contributed by atoms with Crippen LogP contribution in [0.2, 0.25) is 0 Å². The summed E-state index contributed by atoms with van der Waals surface area (Å²) in [7, 11) is 9.53. The van der Waals surface area contributed by atoms with Crippen LogP contribution in [0.15, 0.2) is 136 Å². The maximum absolute atomic E-state index is 5.92. The maximum atomic E-state index is 5.92. The van der Waals surface area contributed by atoms with Crippen molar-refractivity contribution in [3.05, 3.63) is 133 Å². The van der Waals surface area contributed by atoms with Crippen LogP contribution in [0.5, 0.6) is 0 Å². The molecule has 5 aromatic rings. The van der Waals surface area contributed by atoms with E-state index in [1.807, 2.05) is 84.9 Å². The fourth-order valence-electron chi connectivity index (χ4n) is 3.67. The van der Waals surface area contributed by atoms with Crippen molar-refractivity contribution >= 4 is 44.0 Å². The number of aliphatic imine (C=N–C) groups is 2. The van der Waals surface area contributed by atoms with Gasteiger partial charge in [-0.2, -0.15) is 0 Å². The summed E-state index contributed by atoms with van der Waals surface area (Å²) in [5.41, 5.74) is 6.23. The van der Waals surface area contributed by atoms with Crippen LogP contribution in [0.4, 0.5) is 11.4 Å². The van der Waals surface area contributed by atoms with Crippen LogP contribution in [0.25, 0.3) is 22.3 Å². The van der Waals surface area contributed by atoms with E-state index in [-0.39, 0.29) is 13.1 Å². The average Bonchev–Trinajstić information content (AvgIpc) is 3.40. The first-order valence-corrected chi connectivity index (χ1v) is 14.1. The van der Waals surface area contributed by atoms with Crippen LogP contribution >= 0.6 is 20.2 Å². The molecule has 36 heavy (non-hydrogen) atoms. The van der Waals surface area contributed by atoms with Crippen LogP contribution in [0.3, 0.4) is 0 Å². The predicted octanol–water partition coefficient (Wildman–Crippen LogP) is 9.49. The summed E-state index contributed by atoms with van der Waals surface area (Å²) in [6.45, 7) is 0. The Bertz CT molecular complexity index is 1330. The van der Waals surface area contributed by atoms with Crippen molar-refractivity contribution in [2.24, 2.45) is 9.98 Å². The first-order valence-electron chi connectivity index (χ1n) is 11.1. The molecular formula is C30H22Cl2FeN2O. The standard InChI is InChI=1S/C30H22N2O.2ClH.Fe/c1-3-11-23(12-4-1)27-15-7-9-17-29(27)31-21-25-19-20-26(33-25)22-32-30-18-10-8-16-28(30)24-13-5-2-6-14-24;;;/h1-22H;2*1H;/q;;;+2/p-2. The van der Waals surface area contributed by atoms with Crippen molar-refractivity contribution < 1.29 is 17.6 Å². The molecule has 0 aliphatic rings. The number of benzene rings is 4. The second-order valence-electron chi connectivity index (χ2n) is 7.57. The number of hydrogen-bond donors (Lipinski definition) is 0.